The number of nitrogens with one attached hydrogen (secondary N) is 1. The number of nitrogens with zero attached hydrogens (tertiary/aromatic N) is 1. The van der Waals surface area contributed by atoms with Gasteiger partial charge in [-0.2, -0.15) is 0 Å². The van der Waals surface area contributed by atoms with Gasteiger partial charge in [0.2, 0.25) is 5.91 Å². The zero-order valence-corrected chi connectivity index (χ0v) is 13.7. The van der Waals surface area contributed by atoms with Crippen LogP contribution in [0.1, 0.15) is 40.0 Å². The summed E-state index contributed by atoms with van der Waals surface area (Å²) in [5.74, 6) is 1.52. The van der Waals surface area contributed by atoms with Crippen LogP contribution in [0.25, 0.3) is 0 Å². The number of hydrogen-bond donors (Lipinski definition) is 1. The van der Waals surface area contributed by atoms with Crippen molar-refractivity contribution in [1.82, 2.24) is 10.2 Å². The van der Waals surface area contributed by atoms with Crippen molar-refractivity contribution in [2.75, 3.05) is 26.2 Å². The summed E-state index contributed by atoms with van der Waals surface area (Å²) in [6, 6.07) is 0.210. The lowest BCUT2D eigenvalue weighted by atomic mass is 9.84. The first-order valence-corrected chi connectivity index (χ1v) is 7.71. The first kappa shape index (κ1) is 17.7. The van der Waals surface area contributed by atoms with Gasteiger partial charge in [-0.3, -0.25) is 4.79 Å². The lowest BCUT2D eigenvalue weighted by Gasteiger charge is -2.39. The van der Waals surface area contributed by atoms with Crippen molar-refractivity contribution in [2.24, 2.45) is 11.8 Å². The van der Waals surface area contributed by atoms with Gasteiger partial charge in [0.15, 0.2) is 0 Å². The van der Waals surface area contributed by atoms with Gasteiger partial charge >= 0.3 is 0 Å². The second-order valence-electron chi connectivity index (χ2n) is 6.17. The molecule has 4 nitrogen and oxygen atoms in total. The largest absolute Gasteiger partial charge is 0.375 e. The van der Waals surface area contributed by atoms with E-state index in [0.717, 1.165) is 19.6 Å². The molecule has 0 aromatic rings. The molecule has 0 aromatic carbocycles. The Labute approximate surface area is 129 Å². The molecule has 0 spiro atoms. The molecule has 2 fully saturated rings. The molecular formula is C15H29ClN2O2. The number of amides is 1. The monoisotopic (exact) mass is 304 g/mol. The number of hydrogen-bond acceptors (Lipinski definition) is 3. The molecule has 3 unspecified atom stereocenters. The highest BCUT2D eigenvalue weighted by Crippen LogP contribution is 2.26. The fourth-order valence-corrected chi connectivity index (χ4v) is 3.26. The smallest absolute Gasteiger partial charge is 0.223 e. The maximum atomic E-state index is 12.5. The van der Waals surface area contributed by atoms with Gasteiger partial charge in [0.05, 0.1) is 18.8 Å². The van der Waals surface area contributed by atoms with Crippen LogP contribution in [0.2, 0.25) is 0 Å². The lowest BCUT2D eigenvalue weighted by Crippen LogP contribution is -2.51. The van der Waals surface area contributed by atoms with Gasteiger partial charge in [0.1, 0.15) is 0 Å². The van der Waals surface area contributed by atoms with Gasteiger partial charge in [-0.15, -0.1) is 12.4 Å². The summed E-state index contributed by atoms with van der Waals surface area (Å²) in [5, 5.41) is 3.39. The van der Waals surface area contributed by atoms with E-state index in [4.69, 9.17) is 4.74 Å². The minimum atomic E-state index is 0. The van der Waals surface area contributed by atoms with Crippen LogP contribution >= 0.6 is 12.4 Å². The van der Waals surface area contributed by atoms with E-state index in [1.807, 2.05) is 4.90 Å². The Kier molecular flexibility index (Phi) is 7.27. The van der Waals surface area contributed by atoms with Gasteiger partial charge in [-0.05, 0) is 51.6 Å². The highest BCUT2D eigenvalue weighted by atomic mass is 35.5. The molecule has 0 bridgehead atoms. The van der Waals surface area contributed by atoms with E-state index in [9.17, 15) is 4.79 Å². The zero-order valence-electron chi connectivity index (χ0n) is 12.9. The molecule has 0 aliphatic carbocycles. The molecule has 0 radical (unpaired) electrons. The van der Waals surface area contributed by atoms with Crippen molar-refractivity contribution in [3.05, 3.63) is 0 Å². The number of carbonyl (C=O) groups is 1. The predicted octanol–water partition coefficient (Wildman–Crippen LogP) is 2.07. The van der Waals surface area contributed by atoms with Gasteiger partial charge in [0, 0.05) is 13.0 Å². The minimum Gasteiger partial charge on any atom is -0.375 e. The van der Waals surface area contributed by atoms with Crippen molar-refractivity contribution in [3.63, 3.8) is 0 Å². The molecule has 2 heterocycles. The first-order valence-electron chi connectivity index (χ1n) is 7.71. The quantitative estimate of drug-likeness (QED) is 0.868. The van der Waals surface area contributed by atoms with E-state index in [-0.39, 0.29) is 24.6 Å². The Morgan fingerprint density at radius 3 is 2.65 bits per heavy atom. The summed E-state index contributed by atoms with van der Waals surface area (Å²) in [4.78, 5) is 14.5. The molecule has 2 saturated heterocycles. The molecule has 5 heteroatoms. The molecule has 0 saturated carbocycles. The van der Waals surface area contributed by atoms with Crippen LogP contribution in [-0.2, 0) is 9.53 Å². The van der Waals surface area contributed by atoms with Crippen molar-refractivity contribution in [3.8, 4) is 0 Å². The van der Waals surface area contributed by atoms with Crippen LogP contribution in [0.3, 0.4) is 0 Å². The number of rotatable bonds is 3. The Morgan fingerprint density at radius 1 is 1.35 bits per heavy atom. The Balaban J connectivity index is 0.00000200. The number of carbonyl (C=O) groups excluding carboxylic acids is 1. The molecule has 1 amide bonds. The Morgan fingerprint density at radius 2 is 2.00 bits per heavy atom. The average Bonchev–Trinajstić information content (AvgIpc) is 2.42. The molecule has 1 N–H and O–H groups in total. The summed E-state index contributed by atoms with van der Waals surface area (Å²) >= 11 is 0. The maximum Gasteiger partial charge on any atom is 0.223 e. The fraction of sp³-hybridized carbons (Fsp3) is 0.933. The van der Waals surface area contributed by atoms with Crippen molar-refractivity contribution in [1.29, 1.82) is 0 Å². The predicted molar refractivity (Wildman–Crippen MR) is 83.2 cm³/mol. The van der Waals surface area contributed by atoms with Gasteiger partial charge in [0.25, 0.3) is 0 Å². The van der Waals surface area contributed by atoms with Crippen LogP contribution < -0.4 is 5.32 Å². The lowest BCUT2D eigenvalue weighted by molar-refractivity contribution is -0.145. The molecule has 2 rings (SSSR count). The minimum absolute atomic E-state index is 0. The SMILES string of the molecule is CC(CC(=O)N1CCOC(C)C1C)C1CCNCC1.Cl. The number of morpholine rings is 1. The zero-order chi connectivity index (χ0) is 13.8. The molecule has 118 valence electrons. The van der Waals surface area contributed by atoms with Crippen LogP contribution in [0, 0.1) is 11.8 Å². The number of halogens is 1. The Bertz CT molecular complexity index is 308. The van der Waals surface area contributed by atoms with E-state index in [2.05, 4.69) is 26.1 Å². The van der Waals surface area contributed by atoms with Crippen molar-refractivity contribution < 1.29 is 9.53 Å². The van der Waals surface area contributed by atoms with E-state index in [1.54, 1.807) is 0 Å². The van der Waals surface area contributed by atoms with Crippen LogP contribution in [-0.4, -0.2) is 49.2 Å². The number of piperidine rings is 1. The second-order valence-corrected chi connectivity index (χ2v) is 6.17. The summed E-state index contributed by atoms with van der Waals surface area (Å²) in [6.07, 6.45) is 3.28. The van der Waals surface area contributed by atoms with Gasteiger partial charge in [-0.25, -0.2) is 0 Å². The number of ether oxygens (including phenoxy) is 1. The fourth-order valence-electron chi connectivity index (χ4n) is 3.26. The van der Waals surface area contributed by atoms with E-state index < -0.39 is 0 Å². The molecule has 2 aliphatic rings. The van der Waals surface area contributed by atoms with E-state index >= 15 is 0 Å². The third-order valence-corrected chi connectivity index (χ3v) is 4.89. The van der Waals surface area contributed by atoms with Crippen LogP contribution in [0.5, 0.6) is 0 Å². The topological polar surface area (TPSA) is 41.6 Å². The van der Waals surface area contributed by atoms with Gasteiger partial charge in [-0.1, -0.05) is 6.92 Å². The summed E-state index contributed by atoms with van der Waals surface area (Å²) in [7, 11) is 0. The van der Waals surface area contributed by atoms with Gasteiger partial charge < -0.3 is 15.0 Å². The molecule has 20 heavy (non-hydrogen) atoms. The van der Waals surface area contributed by atoms with Crippen molar-refractivity contribution in [2.45, 2.75) is 52.2 Å². The average molecular weight is 305 g/mol. The summed E-state index contributed by atoms with van der Waals surface area (Å²) < 4.78 is 5.59. The van der Waals surface area contributed by atoms with E-state index in [0.29, 0.717) is 30.8 Å². The van der Waals surface area contributed by atoms with Crippen LogP contribution in [0.4, 0.5) is 0 Å². The highest BCUT2D eigenvalue weighted by Gasteiger charge is 2.31. The summed E-state index contributed by atoms with van der Waals surface area (Å²) in [6.45, 7) is 10.0. The maximum absolute atomic E-state index is 12.5. The standard InChI is InChI=1S/C15H28N2O2.ClH/c1-11(14-4-6-16-7-5-14)10-15(18)17-8-9-19-13(3)12(17)2;/h11-14,16H,4-10H2,1-3H3;1H. The Hall–Kier alpha value is -0.320. The summed E-state index contributed by atoms with van der Waals surface area (Å²) in [5.41, 5.74) is 0. The molecular weight excluding hydrogens is 276 g/mol. The highest BCUT2D eigenvalue weighted by molar-refractivity contribution is 5.85. The third kappa shape index (κ3) is 4.34. The first-order chi connectivity index (χ1) is 9.09. The molecule has 0 aromatic heterocycles. The third-order valence-electron chi connectivity index (χ3n) is 4.89. The normalized spacial score (nSPS) is 29.6. The molecule has 2 aliphatic heterocycles. The second kappa shape index (κ2) is 8.20. The molecule has 3 atom stereocenters. The van der Waals surface area contributed by atoms with E-state index in [1.165, 1.54) is 12.8 Å². The van der Waals surface area contributed by atoms with Crippen molar-refractivity contribution >= 4 is 18.3 Å². The van der Waals surface area contributed by atoms with Crippen LogP contribution in [0.15, 0.2) is 0 Å².